The van der Waals surface area contributed by atoms with Crippen LogP contribution in [0.1, 0.15) is 61.3 Å². The van der Waals surface area contributed by atoms with Crippen molar-refractivity contribution in [1.82, 2.24) is 9.80 Å². The van der Waals surface area contributed by atoms with Crippen LogP contribution in [0.25, 0.3) is 0 Å². The van der Waals surface area contributed by atoms with Crippen molar-refractivity contribution in [1.29, 1.82) is 0 Å². The lowest BCUT2D eigenvalue weighted by atomic mass is 9.90. The van der Waals surface area contributed by atoms with E-state index in [1.54, 1.807) is 4.90 Å². The fourth-order valence-electron chi connectivity index (χ4n) is 3.24. The van der Waals surface area contributed by atoms with Crippen molar-refractivity contribution in [3.8, 4) is 0 Å². The first-order valence-corrected chi connectivity index (χ1v) is 9.33. The van der Waals surface area contributed by atoms with Crippen molar-refractivity contribution in [2.45, 2.75) is 72.5 Å². The van der Waals surface area contributed by atoms with Gasteiger partial charge in [0, 0.05) is 32.7 Å². The number of rotatable bonds is 6. The zero-order chi connectivity index (χ0) is 18.5. The first-order chi connectivity index (χ1) is 10.9. The smallest absolute Gasteiger partial charge is 0.410 e. The van der Waals surface area contributed by atoms with E-state index < -0.39 is 11.2 Å². The molecular weight excluding hydrogens is 304 g/mol. The van der Waals surface area contributed by atoms with Crippen LogP contribution >= 0.6 is 0 Å². The van der Waals surface area contributed by atoms with E-state index >= 15 is 0 Å². The van der Waals surface area contributed by atoms with Crippen LogP contribution in [-0.2, 0) is 4.74 Å². The van der Waals surface area contributed by atoms with Gasteiger partial charge in [-0.3, -0.25) is 4.90 Å². The highest BCUT2D eigenvalue weighted by molar-refractivity contribution is 5.68. The third-order valence-electron chi connectivity index (χ3n) is 4.11. The third kappa shape index (κ3) is 7.84. The molecule has 1 saturated heterocycles. The van der Waals surface area contributed by atoms with Crippen LogP contribution < -0.4 is 0 Å². The lowest BCUT2D eigenvalue weighted by Gasteiger charge is -2.41. The highest BCUT2D eigenvalue weighted by atomic mass is 16.6. The van der Waals surface area contributed by atoms with Crippen LogP contribution in [0.2, 0.25) is 0 Å². The van der Waals surface area contributed by atoms with Gasteiger partial charge in [-0.25, -0.2) is 4.79 Å². The fourth-order valence-corrected chi connectivity index (χ4v) is 3.24. The quantitative estimate of drug-likeness (QED) is 0.804. The molecule has 0 saturated carbocycles. The number of amides is 1. The van der Waals surface area contributed by atoms with E-state index in [2.05, 4.69) is 32.6 Å². The number of hydrogen-bond donors (Lipinski definition) is 1. The maximum atomic E-state index is 12.1. The molecule has 1 rings (SSSR count). The number of carbonyl (C=O) groups is 1. The molecule has 1 aliphatic heterocycles. The number of piperidine rings is 1. The molecule has 1 amide bonds. The van der Waals surface area contributed by atoms with Gasteiger partial charge < -0.3 is 14.7 Å². The first kappa shape index (κ1) is 21.2. The Kier molecular flexibility index (Phi) is 7.54. The van der Waals surface area contributed by atoms with Gasteiger partial charge in [0.15, 0.2) is 0 Å². The summed E-state index contributed by atoms with van der Waals surface area (Å²) in [6.45, 7) is 18.3. The van der Waals surface area contributed by atoms with Crippen LogP contribution in [0.3, 0.4) is 0 Å². The molecule has 0 bridgehead atoms. The van der Waals surface area contributed by atoms with Crippen molar-refractivity contribution in [3.05, 3.63) is 0 Å². The summed E-state index contributed by atoms with van der Waals surface area (Å²) in [6, 6.07) is 0. The lowest BCUT2D eigenvalue weighted by molar-refractivity contribution is -0.0528. The second-order valence-electron chi connectivity index (χ2n) is 9.17. The SMILES string of the molecule is CC(C)CN(CC(C)C)CC1(O)CCN(C(=O)OC(C)(C)C)CC1. The van der Waals surface area contributed by atoms with Crippen LogP contribution in [0.4, 0.5) is 4.79 Å². The van der Waals surface area contributed by atoms with Gasteiger partial charge >= 0.3 is 6.09 Å². The summed E-state index contributed by atoms with van der Waals surface area (Å²) >= 11 is 0. The maximum absolute atomic E-state index is 12.1. The van der Waals surface area contributed by atoms with Gasteiger partial charge in [0.25, 0.3) is 0 Å². The molecule has 0 aliphatic carbocycles. The van der Waals surface area contributed by atoms with Crippen LogP contribution in [0, 0.1) is 11.8 Å². The Hall–Kier alpha value is -0.810. The summed E-state index contributed by atoms with van der Waals surface area (Å²) in [4.78, 5) is 16.2. The molecule has 1 fully saturated rings. The Morgan fingerprint density at radius 3 is 1.96 bits per heavy atom. The van der Waals surface area contributed by atoms with Crippen molar-refractivity contribution >= 4 is 6.09 Å². The molecule has 0 aromatic heterocycles. The summed E-state index contributed by atoms with van der Waals surface area (Å²) in [5, 5.41) is 11.0. The predicted molar refractivity (Wildman–Crippen MR) is 98.1 cm³/mol. The molecule has 0 spiro atoms. The standard InChI is InChI=1S/C19H38N2O3/c1-15(2)12-20(13-16(3)4)14-19(23)8-10-21(11-9-19)17(22)24-18(5,6)7/h15-16,23H,8-14H2,1-7H3. The highest BCUT2D eigenvalue weighted by Gasteiger charge is 2.36. The normalized spacial score (nSPS) is 18.5. The topological polar surface area (TPSA) is 53.0 Å². The first-order valence-electron chi connectivity index (χ1n) is 9.33. The average Bonchev–Trinajstić information content (AvgIpc) is 2.34. The molecule has 1 aliphatic rings. The molecule has 5 heteroatoms. The van der Waals surface area contributed by atoms with Gasteiger partial charge in [-0.1, -0.05) is 27.7 Å². The summed E-state index contributed by atoms with van der Waals surface area (Å²) < 4.78 is 5.43. The molecule has 24 heavy (non-hydrogen) atoms. The predicted octanol–water partition coefficient (Wildman–Crippen LogP) is 3.36. The zero-order valence-electron chi connectivity index (χ0n) is 16.8. The molecule has 5 nitrogen and oxygen atoms in total. The molecule has 142 valence electrons. The summed E-state index contributed by atoms with van der Waals surface area (Å²) in [6.07, 6.45) is 0.948. The Morgan fingerprint density at radius 1 is 1.12 bits per heavy atom. The van der Waals surface area contributed by atoms with Gasteiger partial charge in [-0.15, -0.1) is 0 Å². The van der Waals surface area contributed by atoms with E-state index in [-0.39, 0.29) is 6.09 Å². The number of ether oxygens (including phenoxy) is 1. The molecular formula is C19H38N2O3. The van der Waals surface area contributed by atoms with Gasteiger partial charge in [0.2, 0.25) is 0 Å². The highest BCUT2D eigenvalue weighted by Crippen LogP contribution is 2.25. The van der Waals surface area contributed by atoms with E-state index in [0.29, 0.717) is 44.3 Å². The van der Waals surface area contributed by atoms with Crippen LogP contribution in [-0.4, -0.2) is 64.9 Å². The summed E-state index contributed by atoms with van der Waals surface area (Å²) in [5.41, 5.74) is -1.18. The third-order valence-corrected chi connectivity index (χ3v) is 4.11. The second-order valence-corrected chi connectivity index (χ2v) is 9.17. The van der Waals surface area contributed by atoms with E-state index in [0.717, 1.165) is 13.1 Å². The molecule has 0 atom stereocenters. The Balaban J connectivity index is 2.57. The fraction of sp³-hybridized carbons (Fsp3) is 0.947. The van der Waals surface area contributed by atoms with Gasteiger partial charge in [0.1, 0.15) is 5.60 Å². The number of hydrogen-bond acceptors (Lipinski definition) is 4. The molecule has 0 aromatic rings. The second kappa shape index (κ2) is 8.52. The van der Waals surface area contributed by atoms with E-state index in [4.69, 9.17) is 4.74 Å². The van der Waals surface area contributed by atoms with E-state index in [9.17, 15) is 9.90 Å². The maximum Gasteiger partial charge on any atom is 0.410 e. The molecule has 0 radical (unpaired) electrons. The van der Waals surface area contributed by atoms with Gasteiger partial charge in [0.05, 0.1) is 5.60 Å². The van der Waals surface area contributed by atoms with E-state index in [1.807, 2.05) is 20.8 Å². The van der Waals surface area contributed by atoms with Crippen molar-refractivity contribution in [3.63, 3.8) is 0 Å². The largest absolute Gasteiger partial charge is 0.444 e. The zero-order valence-corrected chi connectivity index (χ0v) is 16.8. The van der Waals surface area contributed by atoms with Crippen LogP contribution in [0.5, 0.6) is 0 Å². The molecule has 0 aromatic carbocycles. The Morgan fingerprint density at radius 2 is 1.58 bits per heavy atom. The number of likely N-dealkylation sites (tertiary alicyclic amines) is 1. The minimum atomic E-state index is -0.706. The number of carbonyl (C=O) groups excluding carboxylic acids is 1. The Labute approximate surface area is 148 Å². The minimum Gasteiger partial charge on any atom is -0.444 e. The number of aliphatic hydroxyl groups is 1. The van der Waals surface area contributed by atoms with E-state index in [1.165, 1.54) is 0 Å². The summed E-state index contributed by atoms with van der Waals surface area (Å²) in [5.74, 6) is 1.16. The van der Waals surface area contributed by atoms with Gasteiger partial charge in [-0.2, -0.15) is 0 Å². The van der Waals surface area contributed by atoms with Crippen molar-refractivity contribution < 1.29 is 14.6 Å². The lowest BCUT2D eigenvalue weighted by Crippen LogP contribution is -2.53. The Bertz CT molecular complexity index is 384. The van der Waals surface area contributed by atoms with Crippen molar-refractivity contribution in [2.24, 2.45) is 11.8 Å². The molecule has 0 unspecified atom stereocenters. The monoisotopic (exact) mass is 342 g/mol. The molecule has 1 N–H and O–H groups in total. The molecule has 1 heterocycles. The van der Waals surface area contributed by atoms with Crippen molar-refractivity contribution in [2.75, 3.05) is 32.7 Å². The average molecular weight is 343 g/mol. The minimum absolute atomic E-state index is 0.272. The van der Waals surface area contributed by atoms with Gasteiger partial charge in [-0.05, 0) is 45.4 Å². The summed E-state index contributed by atoms with van der Waals surface area (Å²) in [7, 11) is 0. The van der Waals surface area contributed by atoms with Crippen LogP contribution in [0.15, 0.2) is 0 Å². The number of nitrogens with zero attached hydrogens (tertiary/aromatic N) is 2.